The number of hydrogen-bond acceptors (Lipinski definition) is 3. The van der Waals surface area contributed by atoms with E-state index in [0.717, 1.165) is 28.2 Å². The van der Waals surface area contributed by atoms with Crippen molar-refractivity contribution >= 4 is 0 Å². The van der Waals surface area contributed by atoms with Gasteiger partial charge in [0.25, 0.3) is 0 Å². The molecule has 24 heavy (non-hydrogen) atoms. The first kappa shape index (κ1) is 15.6. The van der Waals surface area contributed by atoms with Crippen LogP contribution < -0.4 is 9.47 Å². The summed E-state index contributed by atoms with van der Waals surface area (Å²) in [6.45, 7) is 0.514. The molecule has 0 heterocycles. The van der Waals surface area contributed by atoms with Gasteiger partial charge in [0.2, 0.25) is 0 Å². The molecule has 0 saturated heterocycles. The van der Waals surface area contributed by atoms with Crippen LogP contribution in [0.2, 0.25) is 0 Å². The number of nitriles is 1. The summed E-state index contributed by atoms with van der Waals surface area (Å²) in [5.74, 6) is 1.51. The highest BCUT2D eigenvalue weighted by Gasteiger charge is 2.08. The van der Waals surface area contributed by atoms with E-state index >= 15 is 0 Å². The second-order valence-corrected chi connectivity index (χ2v) is 5.33. The second-order valence-electron chi connectivity index (χ2n) is 5.33. The van der Waals surface area contributed by atoms with Gasteiger partial charge in [-0.15, -0.1) is 0 Å². The normalized spacial score (nSPS) is 10.0. The van der Waals surface area contributed by atoms with Crippen molar-refractivity contribution in [3.63, 3.8) is 0 Å². The van der Waals surface area contributed by atoms with Crippen LogP contribution in [0.3, 0.4) is 0 Å². The fourth-order valence-electron chi connectivity index (χ4n) is 2.50. The molecule has 118 valence electrons. The third-order valence-corrected chi connectivity index (χ3v) is 3.72. The lowest BCUT2D eigenvalue weighted by molar-refractivity contribution is 0.306. The SMILES string of the molecule is COc1ccc(C#N)cc1-c1cccc(OCc2ccccc2)c1. The molecular formula is C21H17NO2. The standard InChI is InChI=1S/C21H17NO2/c1-23-21-11-10-17(14-22)12-20(21)18-8-5-9-19(13-18)24-15-16-6-3-2-4-7-16/h2-13H,15H2,1H3. The van der Waals surface area contributed by atoms with Gasteiger partial charge in [-0.25, -0.2) is 0 Å². The van der Waals surface area contributed by atoms with Gasteiger partial charge in [0.15, 0.2) is 0 Å². The van der Waals surface area contributed by atoms with E-state index in [1.165, 1.54) is 0 Å². The summed E-state index contributed by atoms with van der Waals surface area (Å²) < 4.78 is 11.3. The average molecular weight is 315 g/mol. The molecule has 3 aromatic carbocycles. The van der Waals surface area contributed by atoms with Crippen LogP contribution in [0.5, 0.6) is 11.5 Å². The van der Waals surface area contributed by atoms with E-state index in [1.54, 1.807) is 13.2 Å². The highest BCUT2D eigenvalue weighted by Crippen LogP contribution is 2.32. The summed E-state index contributed by atoms with van der Waals surface area (Å²) in [7, 11) is 1.63. The summed E-state index contributed by atoms with van der Waals surface area (Å²) in [5.41, 5.74) is 3.55. The number of rotatable bonds is 5. The van der Waals surface area contributed by atoms with Crippen molar-refractivity contribution in [1.29, 1.82) is 5.26 Å². The third kappa shape index (κ3) is 3.56. The molecule has 0 aliphatic heterocycles. The molecular weight excluding hydrogens is 298 g/mol. The molecule has 3 heteroatoms. The molecule has 0 aliphatic rings. The molecule has 0 unspecified atom stereocenters. The first-order valence-electron chi connectivity index (χ1n) is 7.65. The molecule has 0 radical (unpaired) electrons. The molecule has 0 bridgehead atoms. The minimum atomic E-state index is 0.514. The fraction of sp³-hybridized carbons (Fsp3) is 0.0952. The largest absolute Gasteiger partial charge is 0.496 e. The van der Waals surface area contributed by atoms with Crippen LogP contribution in [0.25, 0.3) is 11.1 Å². The molecule has 0 saturated carbocycles. The van der Waals surface area contributed by atoms with Crippen molar-refractivity contribution in [2.45, 2.75) is 6.61 Å². The Labute approximate surface area is 141 Å². The van der Waals surface area contributed by atoms with Crippen LogP contribution in [0, 0.1) is 11.3 Å². The molecule has 0 aromatic heterocycles. The Balaban J connectivity index is 1.87. The predicted octanol–water partition coefficient (Wildman–Crippen LogP) is 4.81. The number of methoxy groups -OCH3 is 1. The van der Waals surface area contributed by atoms with Crippen molar-refractivity contribution in [2.24, 2.45) is 0 Å². The van der Waals surface area contributed by atoms with Crippen LogP contribution >= 0.6 is 0 Å². The van der Waals surface area contributed by atoms with Gasteiger partial charge in [-0.2, -0.15) is 5.26 Å². The molecule has 3 nitrogen and oxygen atoms in total. The minimum absolute atomic E-state index is 0.514. The van der Waals surface area contributed by atoms with Crippen LogP contribution in [0.4, 0.5) is 0 Å². The Kier molecular flexibility index (Phi) is 4.78. The highest BCUT2D eigenvalue weighted by molar-refractivity contribution is 5.73. The Morgan fingerprint density at radius 2 is 1.75 bits per heavy atom. The zero-order valence-electron chi connectivity index (χ0n) is 13.4. The zero-order valence-corrected chi connectivity index (χ0v) is 13.4. The lowest BCUT2D eigenvalue weighted by Gasteiger charge is -2.11. The van der Waals surface area contributed by atoms with E-state index < -0.39 is 0 Å². The summed E-state index contributed by atoms with van der Waals surface area (Å²) in [4.78, 5) is 0. The number of benzene rings is 3. The maximum Gasteiger partial charge on any atom is 0.126 e. The van der Waals surface area contributed by atoms with Gasteiger partial charge < -0.3 is 9.47 Å². The third-order valence-electron chi connectivity index (χ3n) is 3.72. The van der Waals surface area contributed by atoms with Gasteiger partial charge in [0.05, 0.1) is 18.7 Å². The topological polar surface area (TPSA) is 42.2 Å². The molecule has 0 spiro atoms. The number of nitrogens with zero attached hydrogens (tertiary/aromatic N) is 1. The Hall–Kier alpha value is -3.25. The van der Waals surface area contributed by atoms with Crippen LogP contribution in [0.15, 0.2) is 72.8 Å². The predicted molar refractivity (Wildman–Crippen MR) is 93.9 cm³/mol. The summed E-state index contributed by atoms with van der Waals surface area (Å²) in [5, 5.41) is 9.12. The van der Waals surface area contributed by atoms with Crippen molar-refractivity contribution in [1.82, 2.24) is 0 Å². The van der Waals surface area contributed by atoms with Crippen LogP contribution in [-0.2, 0) is 6.61 Å². The highest BCUT2D eigenvalue weighted by atomic mass is 16.5. The van der Waals surface area contributed by atoms with Gasteiger partial charge >= 0.3 is 0 Å². The summed E-state index contributed by atoms with van der Waals surface area (Å²) >= 11 is 0. The van der Waals surface area contributed by atoms with E-state index in [9.17, 15) is 0 Å². The number of hydrogen-bond donors (Lipinski definition) is 0. The van der Waals surface area contributed by atoms with Crippen LogP contribution in [0.1, 0.15) is 11.1 Å². The molecule has 0 fully saturated rings. The first-order valence-corrected chi connectivity index (χ1v) is 7.65. The summed E-state index contributed by atoms with van der Waals surface area (Å²) in [6, 6.07) is 25.4. The van der Waals surface area contributed by atoms with E-state index in [-0.39, 0.29) is 0 Å². The molecule has 0 N–H and O–H groups in total. The smallest absolute Gasteiger partial charge is 0.126 e. The molecule has 3 aromatic rings. The average Bonchev–Trinajstić information content (AvgIpc) is 2.67. The minimum Gasteiger partial charge on any atom is -0.496 e. The Morgan fingerprint density at radius 1 is 0.917 bits per heavy atom. The van der Waals surface area contributed by atoms with Gasteiger partial charge in [0, 0.05) is 5.56 Å². The Morgan fingerprint density at radius 3 is 2.50 bits per heavy atom. The monoisotopic (exact) mass is 315 g/mol. The van der Waals surface area contributed by atoms with Gasteiger partial charge in [-0.3, -0.25) is 0 Å². The molecule has 0 amide bonds. The molecule has 0 aliphatic carbocycles. The van der Waals surface area contributed by atoms with E-state index in [4.69, 9.17) is 14.7 Å². The first-order chi connectivity index (χ1) is 11.8. The zero-order chi connectivity index (χ0) is 16.8. The maximum absolute atomic E-state index is 9.12. The Bertz CT molecular complexity index is 867. The maximum atomic E-state index is 9.12. The lowest BCUT2D eigenvalue weighted by Crippen LogP contribution is -1.95. The van der Waals surface area contributed by atoms with E-state index in [2.05, 4.69) is 6.07 Å². The molecule has 0 atom stereocenters. The number of ether oxygens (including phenoxy) is 2. The van der Waals surface area contributed by atoms with Crippen LogP contribution in [-0.4, -0.2) is 7.11 Å². The van der Waals surface area contributed by atoms with E-state index in [0.29, 0.717) is 12.2 Å². The molecule has 3 rings (SSSR count). The second kappa shape index (κ2) is 7.34. The van der Waals surface area contributed by atoms with Crippen molar-refractivity contribution in [2.75, 3.05) is 7.11 Å². The summed E-state index contributed by atoms with van der Waals surface area (Å²) in [6.07, 6.45) is 0. The van der Waals surface area contributed by atoms with Crippen molar-refractivity contribution in [3.8, 4) is 28.7 Å². The van der Waals surface area contributed by atoms with Gasteiger partial charge in [-0.05, 0) is 41.5 Å². The van der Waals surface area contributed by atoms with E-state index in [1.807, 2.05) is 66.7 Å². The lowest BCUT2D eigenvalue weighted by atomic mass is 10.0. The van der Waals surface area contributed by atoms with Crippen molar-refractivity contribution < 1.29 is 9.47 Å². The fourth-order valence-corrected chi connectivity index (χ4v) is 2.50. The quantitative estimate of drug-likeness (QED) is 0.678. The van der Waals surface area contributed by atoms with Gasteiger partial charge in [-0.1, -0.05) is 42.5 Å². The van der Waals surface area contributed by atoms with Crippen molar-refractivity contribution in [3.05, 3.63) is 83.9 Å². The van der Waals surface area contributed by atoms with Gasteiger partial charge in [0.1, 0.15) is 18.1 Å².